The third kappa shape index (κ3) is 2.25. The predicted octanol–water partition coefficient (Wildman–Crippen LogP) is 2.43. The van der Waals surface area contributed by atoms with Crippen LogP contribution in [0.3, 0.4) is 0 Å². The van der Waals surface area contributed by atoms with Crippen LogP contribution in [0, 0.1) is 0 Å². The normalized spacial score (nSPS) is 9.86. The van der Waals surface area contributed by atoms with Gasteiger partial charge in [0, 0.05) is 10.6 Å². The van der Waals surface area contributed by atoms with E-state index in [-0.39, 0.29) is 27.6 Å². The molecular weight excluding hydrogens is 227 g/mol. The summed E-state index contributed by atoms with van der Waals surface area (Å²) in [5.41, 5.74) is 0.392. The minimum atomic E-state index is -1.06. The molecule has 1 N–H and O–H groups in total. The van der Waals surface area contributed by atoms with E-state index in [9.17, 15) is 9.59 Å². The maximum absolute atomic E-state index is 10.6. The molecule has 1 aromatic carbocycles. The van der Waals surface area contributed by atoms with Crippen LogP contribution < -0.4 is 0 Å². The Bertz CT molecular complexity index is 388. The summed E-state index contributed by atoms with van der Waals surface area (Å²) in [6.07, 6.45) is 0.194. The summed E-state index contributed by atoms with van der Waals surface area (Å²) in [5.74, 6) is -1.06. The summed E-state index contributed by atoms with van der Waals surface area (Å²) in [6, 6.07) is 2.92. The quantitative estimate of drug-likeness (QED) is 0.815. The molecule has 1 aromatic rings. The van der Waals surface area contributed by atoms with Gasteiger partial charge in [-0.1, -0.05) is 23.2 Å². The largest absolute Gasteiger partial charge is 0.481 e. The van der Waals surface area contributed by atoms with E-state index in [1.165, 1.54) is 12.1 Å². The van der Waals surface area contributed by atoms with Crippen molar-refractivity contribution in [2.24, 2.45) is 0 Å². The number of aldehydes is 1. The molecule has 14 heavy (non-hydrogen) atoms. The Labute approximate surface area is 90.3 Å². The predicted molar refractivity (Wildman–Crippen MR) is 53.2 cm³/mol. The number of carboxylic acid groups (broad SMARTS) is 1. The molecule has 0 radical (unpaired) electrons. The van der Waals surface area contributed by atoms with Crippen LogP contribution in [-0.4, -0.2) is 17.4 Å². The number of hydrogen-bond donors (Lipinski definition) is 1. The van der Waals surface area contributed by atoms with Crippen LogP contribution in [0.5, 0.6) is 0 Å². The monoisotopic (exact) mass is 232 g/mol. The van der Waals surface area contributed by atoms with Crippen molar-refractivity contribution in [1.82, 2.24) is 0 Å². The number of carbonyl (C=O) groups excluding carboxylic acids is 1. The molecular formula is C9H6Cl2O3. The minimum Gasteiger partial charge on any atom is -0.481 e. The number of halogens is 2. The molecule has 0 saturated heterocycles. The molecule has 0 bridgehead atoms. The van der Waals surface area contributed by atoms with Crippen LogP contribution in [-0.2, 0) is 11.2 Å². The zero-order valence-corrected chi connectivity index (χ0v) is 8.47. The van der Waals surface area contributed by atoms with Crippen molar-refractivity contribution >= 4 is 35.5 Å². The van der Waals surface area contributed by atoms with E-state index in [4.69, 9.17) is 28.3 Å². The number of hydrogen-bond acceptors (Lipinski definition) is 2. The van der Waals surface area contributed by atoms with Crippen LogP contribution >= 0.6 is 23.2 Å². The molecule has 0 heterocycles. The van der Waals surface area contributed by atoms with E-state index in [0.29, 0.717) is 6.29 Å². The fourth-order valence-corrected chi connectivity index (χ4v) is 1.52. The second-order valence-electron chi connectivity index (χ2n) is 2.61. The first-order valence-corrected chi connectivity index (χ1v) is 4.45. The molecule has 0 amide bonds. The van der Waals surface area contributed by atoms with Gasteiger partial charge in [0.2, 0.25) is 0 Å². The van der Waals surface area contributed by atoms with E-state index >= 15 is 0 Å². The van der Waals surface area contributed by atoms with E-state index in [0.717, 1.165) is 0 Å². The Morgan fingerprint density at radius 1 is 1.36 bits per heavy atom. The molecule has 3 nitrogen and oxygen atoms in total. The van der Waals surface area contributed by atoms with E-state index < -0.39 is 5.97 Å². The third-order valence-corrected chi connectivity index (χ3v) is 2.38. The molecule has 0 atom stereocenters. The van der Waals surface area contributed by atoms with Gasteiger partial charge in [-0.2, -0.15) is 0 Å². The second-order valence-corrected chi connectivity index (χ2v) is 3.42. The standard InChI is InChI=1S/C9H6Cl2O3/c10-7-1-2-8(11)6(4-12)5(7)3-9(13)14/h1-2,4H,3H2,(H,13,14). The van der Waals surface area contributed by atoms with E-state index in [1.807, 2.05) is 0 Å². The molecule has 0 saturated carbocycles. The van der Waals surface area contributed by atoms with Gasteiger partial charge >= 0.3 is 5.97 Å². The van der Waals surface area contributed by atoms with Crippen molar-refractivity contribution < 1.29 is 14.7 Å². The van der Waals surface area contributed by atoms with Gasteiger partial charge < -0.3 is 5.11 Å². The first-order chi connectivity index (χ1) is 6.56. The summed E-state index contributed by atoms with van der Waals surface area (Å²) in [6.45, 7) is 0. The molecule has 0 aromatic heterocycles. The molecule has 0 aliphatic rings. The lowest BCUT2D eigenvalue weighted by atomic mass is 10.1. The highest BCUT2D eigenvalue weighted by Gasteiger charge is 2.13. The minimum absolute atomic E-state index is 0.140. The lowest BCUT2D eigenvalue weighted by Gasteiger charge is -2.05. The molecule has 74 valence electrons. The summed E-state index contributed by atoms with van der Waals surface area (Å²) in [7, 11) is 0. The van der Waals surface area contributed by atoms with Gasteiger partial charge in [-0.05, 0) is 17.7 Å². The van der Waals surface area contributed by atoms with Crippen LogP contribution in [0.15, 0.2) is 12.1 Å². The summed E-state index contributed by atoms with van der Waals surface area (Å²) >= 11 is 11.4. The third-order valence-electron chi connectivity index (χ3n) is 1.69. The van der Waals surface area contributed by atoms with Crippen molar-refractivity contribution in [1.29, 1.82) is 0 Å². The number of benzene rings is 1. The molecule has 5 heteroatoms. The zero-order valence-electron chi connectivity index (χ0n) is 6.96. The van der Waals surface area contributed by atoms with Crippen molar-refractivity contribution in [3.05, 3.63) is 33.3 Å². The molecule has 0 aliphatic carbocycles. The average molecular weight is 233 g/mol. The lowest BCUT2D eigenvalue weighted by molar-refractivity contribution is -0.136. The average Bonchev–Trinajstić information content (AvgIpc) is 2.11. The van der Waals surface area contributed by atoms with Crippen LogP contribution in [0.1, 0.15) is 15.9 Å². The maximum atomic E-state index is 10.6. The Hall–Kier alpha value is -1.06. The first-order valence-electron chi connectivity index (χ1n) is 3.70. The number of rotatable bonds is 3. The Balaban J connectivity index is 3.29. The van der Waals surface area contributed by atoms with Crippen LogP contribution in [0.2, 0.25) is 10.0 Å². The Kier molecular flexibility index (Phi) is 3.49. The SMILES string of the molecule is O=Cc1c(Cl)ccc(Cl)c1CC(=O)O. The number of carbonyl (C=O) groups is 2. The fraction of sp³-hybridized carbons (Fsp3) is 0.111. The highest BCUT2D eigenvalue weighted by atomic mass is 35.5. The molecule has 0 aliphatic heterocycles. The van der Waals surface area contributed by atoms with Gasteiger partial charge in [-0.3, -0.25) is 9.59 Å². The van der Waals surface area contributed by atoms with Crippen molar-refractivity contribution in [3.8, 4) is 0 Å². The van der Waals surface area contributed by atoms with Gasteiger partial charge in [-0.15, -0.1) is 0 Å². The Morgan fingerprint density at radius 3 is 2.43 bits per heavy atom. The molecule has 0 fully saturated rings. The van der Waals surface area contributed by atoms with Crippen LogP contribution in [0.25, 0.3) is 0 Å². The number of carboxylic acids is 1. The van der Waals surface area contributed by atoms with Crippen molar-refractivity contribution in [2.75, 3.05) is 0 Å². The molecule has 0 spiro atoms. The highest BCUT2D eigenvalue weighted by Crippen LogP contribution is 2.26. The Morgan fingerprint density at radius 2 is 1.93 bits per heavy atom. The smallest absolute Gasteiger partial charge is 0.307 e. The topological polar surface area (TPSA) is 54.4 Å². The van der Waals surface area contributed by atoms with Gasteiger partial charge in [0.05, 0.1) is 11.4 Å². The van der Waals surface area contributed by atoms with Gasteiger partial charge in [0.25, 0.3) is 0 Å². The highest BCUT2D eigenvalue weighted by molar-refractivity contribution is 6.35. The summed E-state index contributed by atoms with van der Waals surface area (Å²) in [4.78, 5) is 21.1. The molecule has 0 unspecified atom stereocenters. The van der Waals surface area contributed by atoms with Gasteiger partial charge in [0.1, 0.15) is 0 Å². The lowest BCUT2D eigenvalue weighted by Crippen LogP contribution is -2.04. The number of aliphatic carboxylic acids is 1. The van der Waals surface area contributed by atoms with Crippen molar-refractivity contribution in [3.63, 3.8) is 0 Å². The van der Waals surface area contributed by atoms with Gasteiger partial charge in [0.15, 0.2) is 6.29 Å². The fourth-order valence-electron chi connectivity index (χ4n) is 1.07. The summed E-state index contributed by atoms with van der Waals surface area (Å²) < 4.78 is 0. The first kappa shape index (κ1) is 11.0. The van der Waals surface area contributed by atoms with E-state index in [2.05, 4.69) is 0 Å². The van der Waals surface area contributed by atoms with Crippen molar-refractivity contribution in [2.45, 2.75) is 6.42 Å². The molecule has 1 rings (SSSR count). The van der Waals surface area contributed by atoms with Crippen LogP contribution in [0.4, 0.5) is 0 Å². The second kappa shape index (κ2) is 4.44. The van der Waals surface area contributed by atoms with Gasteiger partial charge in [-0.25, -0.2) is 0 Å². The van der Waals surface area contributed by atoms with E-state index in [1.54, 1.807) is 0 Å². The summed E-state index contributed by atoms with van der Waals surface area (Å²) in [5, 5.41) is 9.03. The zero-order chi connectivity index (χ0) is 10.7. The maximum Gasteiger partial charge on any atom is 0.307 e.